The summed E-state index contributed by atoms with van der Waals surface area (Å²) in [4.78, 5) is 3.96. The van der Waals surface area contributed by atoms with Crippen molar-refractivity contribution < 1.29 is 8.78 Å². The molecular formula is C11H12F2N4. The molecule has 0 saturated heterocycles. The molecule has 0 fully saturated rings. The summed E-state index contributed by atoms with van der Waals surface area (Å²) in [5.41, 5.74) is 0.998. The predicted octanol–water partition coefficient (Wildman–Crippen LogP) is 2.03. The highest BCUT2D eigenvalue weighted by Gasteiger charge is 2.05. The SMILES string of the molecule is FC(F)c1ccc(CNCc2ncn[nH]2)cc1. The number of aromatic nitrogens is 3. The highest BCUT2D eigenvalue weighted by atomic mass is 19.3. The van der Waals surface area contributed by atoms with E-state index in [9.17, 15) is 8.78 Å². The number of hydrogen-bond donors (Lipinski definition) is 2. The van der Waals surface area contributed by atoms with Crippen molar-refractivity contribution in [3.05, 3.63) is 47.5 Å². The fraction of sp³-hybridized carbons (Fsp3) is 0.273. The van der Waals surface area contributed by atoms with E-state index in [1.54, 1.807) is 12.1 Å². The number of halogens is 2. The molecule has 0 bridgehead atoms. The summed E-state index contributed by atoms with van der Waals surface area (Å²) in [6.45, 7) is 1.17. The van der Waals surface area contributed by atoms with Crippen LogP contribution in [0.2, 0.25) is 0 Å². The van der Waals surface area contributed by atoms with Gasteiger partial charge in [0.05, 0.1) is 6.54 Å². The normalized spacial score (nSPS) is 11.0. The van der Waals surface area contributed by atoms with Crippen molar-refractivity contribution in [3.8, 4) is 0 Å². The highest BCUT2D eigenvalue weighted by molar-refractivity contribution is 5.23. The Morgan fingerprint density at radius 1 is 1.18 bits per heavy atom. The van der Waals surface area contributed by atoms with Crippen LogP contribution in [0.15, 0.2) is 30.6 Å². The average molecular weight is 238 g/mol. The first-order valence-electron chi connectivity index (χ1n) is 5.17. The number of aromatic amines is 1. The lowest BCUT2D eigenvalue weighted by atomic mass is 10.1. The second kappa shape index (κ2) is 5.49. The second-order valence-corrected chi connectivity index (χ2v) is 3.58. The Hall–Kier alpha value is -1.82. The minimum atomic E-state index is -2.41. The fourth-order valence-electron chi connectivity index (χ4n) is 1.42. The van der Waals surface area contributed by atoms with Gasteiger partial charge in [0.25, 0.3) is 6.43 Å². The van der Waals surface area contributed by atoms with Crippen LogP contribution in [0.3, 0.4) is 0 Å². The fourth-order valence-corrected chi connectivity index (χ4v) is 1.42. The maximum absolute atomic E-state index is 12.3. The molecule has 0 aliphatic rings. The van der Waals surface area contributed by atoms with E-state index in [-0.39, 0.29) is 5.56 Å². The van der Waals surface area contributed by atoms with Gasteiger partial charge in [-0.1, -0.05) is 24.3 Å². The lowest BCUT2D eigenvalue weighted by Crippen LogP contribution is -2.13. The van der Waals surface area contributed by atoms with Crippen LogP contribution < -0.4 is 5.32 Å². The average Bonchev–Trinajstić information content (AvgIpc) is 2.83. The van der Waals surface area contributed by atoms with Gasteiger partial charge in [-0.25, -0.2) is 13.8 Å². The molecule has 6 heteroatoms. The van der Waals surface area contributed by atoms with Crippen molar-refractivity contribution in [2.24, 2.45) is 0 Å². The van der Waals surface area contributed by atoms with E-state index in [0.717, 1.165) is 11.4 Å². The van der Waals surface area contributed by atoms with Crippen LogP contribution in [-0.4, -0.2) is 15.2 Å². The van der Waals surface area contributed by atoms with Gasteiger partial charge in [-0.2, -0.15) is 5.10 Å². The molecule has 2 aromatic rings. The van der Waals surface area contributed by atoms with E-state index in [4.69, 9.17) is 0 Å². The third-order valence-electron chi connectivity index (χ3n) is 2.32. The Kier molecular flexibility index (Phi) is 3.77. The van der Waals surface area contributed by atoms with Crippen LogP contribution in [0.25, 0.3) is 0 Å². The third kappa shape index (κ3) is 3.32. The number of alkyl halides is 2. The zero-order valence-corrected chi connectivity index (χ0v) is 9.03. The molecule has 1 aromatic carbocycles. The van der Waals surface area contributed by atoms with Gasteiger partial charge in [0.15, 0.2) is 0 Å². The van der Waals surface area contributed by atoms with E-state index >= 15 is 0 Å². The monoisotopic (exact) mass is 238 g/mol. The van der Waals surface area contributed by atoms with Crippen LogP contribution >= 0.6 is 0 Å². The van der Waals surface area contributed by atoms with Crippen LogP contribution in [0.1, 0.15) is 23.4 Å². The molecular weight excluding hydrogens is 226 g/mol. The van der Waals surface area contributed by atoms with Crippen LogP contribution in [0.5, 0.6) is 0 Å². The minimum absolute atomic E-state index is 0.0454. The van der Waals surface area contributed by atoms with Gasteiger partial charge in [-0.3, -0.25) is 5.10 Å². The Labute approximate surface area is 97.1 Å². The maximum atomic E-state index is 12.3. The first-order chi connectivity index (χ1) is 8.25. The van der Waals surface area contributed by atoms with Crippen molar-refractivity contribution in [2.75, 3.05) is 0 Å². The molecule has 0 unspecified atom stereocenters. The first-order valence-corrected chi connectivity index (χ1v) is 5.17. The minimum Gasteiger partial charge on any atom is -0.306 e. The molecule has 1 heterocycles. The first kappa shape index (κ1) is 11.7. The number of rotatable bonds is 5. The van der Waals surface area contributed by atoms with Crippen LogP contribution in [-0.2, 0) is 13.1 Å². The summed E-state index contributed by atoms with van der Waals surface area (Å²) < 4.78 is 24.6. The van der Waals surface area contributed by atoms with Crippen LogP contribution in [0, 0.1) is 0 Å². The lowest BCUT2D eigenvalue weighted by Gasteiger charge is -2.04. The Morgan fingerprint density at radius 2 is 1.94 bits per heavy atom. The summed E-state index contributed by atoms with van der Waals surface area (Å²) in [6, 6.07) is 6.26. The summed E-state index contributed by atoms with van der Waals surface area (Å²) in [6.07, 6.45) is -0.972. The van der Waals surface area contributed by atoms with Gasteiger partial charge in [0, 0.05) is 12.1 Å². The van der Waals surface area contributed by atoms with Crippen LogP contribution in [0.4, 0.5) is 8.78 Å². The topological polar surface area (TPSA) is 53.6 Å². The number of H-pyrrole nitrogens is 1. The third-order valence-corrected chi connectivity index (χ3v) is 2.32. The molecule has 2 N–H and O–H groups in total. The van der Waals surface area contributed by atoms with E-state index < -0.39 is 6.43 Å². The molecule has 0 aliphatic carbocycles. The molecule has 0 atom stereocenters. The van der Waals surface area contributed by atoms with Crippen molar-refractivity contribution in [2.45, 2.75) is 19.5 Å². The molecule has 0 spiro atoms. The van der Waals surface area contributed by atoms with E-state index in [1.807, 2.05) is 0 Å². The number of nitrogens with one attached hydrogen (secondary N) is 2. The zero-order chi connectivity index (χ0) is 12.1. The molecule has 90 valence electrons. The number of nitrogens with zero attached hydrogens (tertiary/aromatic N) is 2. The maximum Gasteiger partial charge on any atom is 0.263 e. The van der Waals surface area contributed by atoms with E-state index in [0.29, 0.717) is 13.1 Å². The van der Waals surface area contributed by atoms with Gasteiger partial charge in [-0.05, 0) is 5.56 Å². The molecule has 2 rings (SSSR count). The molecule has 0 saturated carbocycles. The number of hydrogen-bond acceptors (Lipinski definition) is 3. The van der Waals surface area contributed by atoms with Gasteiger partial charge in [0.2, 0.25) is 0 Å². The lowest BCUT2D eigenvalue weighted by molar-refractivity contribution is 0.151. The molecule has 17 heavy (non-hydrogen) atoms. The molecule has 0 aliphatic heterocycles. The summed E-state index contributed by atoms with van der Waals surface area (Å²) in [5, 5.41) is 9.58. The van der Waals surface area contributed by atoms with Gasteiger partial charge in [0.1, 0.15) is 12.2 Å². The molecule has 1 aromatic heterocycles. The summed E-state index contributed by atoms with van der Waals surface area (Å²) >= 11 is 0. The quantitative estimate of drug-likeness (QED) is 0.838. The van der Waals surface area contributed by atoms with E-state index in [1.165, 1.54) is 18.5 Å². The predicted molar refractivity (Wildman–Crippen MR) is 58.3 cm³/mol. The smallest absolute Gasteiger partial charge is 0.263 e. The zero-order valence-electron chi connectivity index (χ0n) is 9.03. The summed E-state index contributed by atoms with van der Waals surface area (Å²) in [7, 11) is 0. The Morgan fingerprint density at radius 3 is 2.53 bits per heavy atom. The van der Waals surface area contributed by atoms with Gasteiger partial charge >= 0.3 is 0 Å². The van der Waals surface area contributed by atoms with Crippen molar-refractivity contribution in [3.63, 3.8) is 0 Å². The summed E-state index contributed by atoms with van der Waals surface area (Å²) in [5.74, 6) is 0.745. The van der Waals surface area contributed by atoms with Crippen molar-refractivity contribution >= 4 is 0 Å². The van der Waals surface area contributed by atoms with Gasteiger partial charge in [-0.15, -0.1) is 0 Å². The largest absolute Gasteiger partial charge is 0.306 e. The molecule has 4 nitrogen and oxygen atoms in total. The van der Waals surface area contributed by atoms with Crippen molar-refractivity contribution in [1.82, 2.24) is 20.5 Å². The molecule has 0 amide bonds. The highest BCUT2D eigenvalue weighted by Crippen LogP contribution is 2.18. The number of benzene rings is 1. The Bertz CT molecular complexity index is 439. The standard InChI is InChI=1S/C11H12F2N4/c12-11(13)9-3-1-8(2-4-9)5-14-6-10-15-7-16-17-10/h1-4,7,11,14H,5-6H2,(H,15,16,17). The van der Waals surface area contributed by atoms with Gasteiger partial charge < -0.3 is 5.32 Å². The van der Waals surface area contributed by atoms with E-state index in [2.05, 4.69) is 20.5 Å². The van der Waals surface area contributed by atoms with Crippen molar-refractivity contribution in [1.29, 1.82) is 0 Å². The second-order valence-electron chi connectivity index (χ2n) is 3.58. The molecule has 0 radical (unpaired) electrons. The Balaban J connectivity index is 1.83.